The first kappa shape index (κ1) is 13.6. The van der Waals surface area contributed by atoms with E-state index in [0.717, 1.165) is 0 Å². The molecule has 0 spiro atoms. The molecule has 5 nitrogen and oxygen atoms in total. The van der Waals surface area contributed by atoms with Gasteiger partial charge in [0.25, 0.3) is 0 Å². The van der Waals surface area contributed by atoms with Gasteiger partial charge in [0.1, 0.15) is 0 Å². The fourth-order valence-corrected chi connectivity index (χ4v) is 1.93. The minimum atomic E-state index is -3.12. The van der Waals surface area contributed by atoms with Crippen molar-refractivity contribution in [2.75, 3.05) is 13.4 Å². The Hall–Kier alpha value is -0.380. The Balaban J connectivity index is 4.10. The van der Waals surface area contributed by atoms with Crippen molar-refractivity contribution in [3.05, 3.63) is 0 Å². The van der Waals surface area contributed by atoms with Gasteiger partial charge in [0, 0.05) is 6.92 Å². The van der Waals surface area contributed by atoms with Crippen molar-refractivity contribution in [2.45, 2.75) is 33.4 Å². The van der Waals surface area contributed by atoms with Crippen molar-refractivity contribution in [3.63, 3.8) is 0 Å². The Bertz CT molecular complexity index is 226. The van der Waals surface area contributed by atoms with Crippen LogP contribution in [0.5, 0.6) is 0 Å². The zero-order valence-corrected chi connectivity index (χ0v) is 9.87. The molecule has 0 heterocycles. The highest BCUT2D eigenvalue weighted by Gasteiger charge is 2.29. The van der Waals surface area contributed by atoms with Gasteiger partial charge in [0.2, 0.25) is 6.79 Å². The molecule has 1 atom stereocenters. The van der Waals surface area contributed by atoms with Gasteiger partial charge in [-0.25, -0.2) is 0 Å². The number of ether oxygens (including phenoxy) is 1. The number of carbonyl (C=O) groups is 1. The quantitative estimate of drug-likeness (QED) is 0.393. The van der Waals surface area contributed by atoms with Crippen LogP contribution in [0.3, 0.4) is 0 Å². The molecule has 0 amide bonds. The summed E-state index contributed by atoms with van der Waals surface area (Å²) in [6, 6.07) is 0. The Kier molecular flexibility index (Phi) is 6.00. The van der Waals surface area contributed by atoms with Crippen LogP contribution in [-0.2, 0) is 23.1 Å². The Morgan fingerprint density at radius 2 is 1.93 bits per heavy atom. The summed E-state index contributed by atoms with van der Waals surface area (Å²) in [4.78, 5) is 10.4. The molecule has 0 saturated heterocycles. The maximum Gasteiger partial charge on any atom is 0.336 e. The van der Waals surface area contributed by atoms with E-state index in [4.69, 9.17) is 9.05 Å². The van der Waals surface area contributed by atoms with Crippen molar-refractivity contribution in [2.24, 2.45) is 0 Å². The number of hydrogen-bond donors (Lipinski definition) is 0. The summed E-state index contributed by atoms with van der Waals surface area (Å²) in [5.41, 5.74) is -0.252. The van der Waals surface area contributed by atoms with Gasteiger partial charge in [-0.2, -0.15) is 0 Å². The summed E-state index contributed by atoms with van der Waals surface area (Å²) in [7, 11) is -3.12. The van der Waals surface area contributed by atoms with E-state index in [9.17, 15) is 9.36 Å². The van der Waals surface area contributed by atoms with Crippen molar-refractivity contribution >= 4 is 13.6 Å². The van der Waals surface area contributed by atoms with Gasteiger partial charge in [-0.1, -0.05) is 13.8 Å². The monoisotopic (exact) mass is 224 g/mol. The molecule has 0 aromatic rings. The molecule has 14 heavy (non-hydrogen) atoms. The predicted octanol–water partition coefficient (Wildman–Crippen LogP) is 2.16. The molecule has 0 aromatic carbocycles. The lowest BCUT2D eigenvalue weighted by atomic mass is 10.6. The van der Waals surface area contributed by atoms with Gasteiger partial charge in [0.15, 0.2) is 0 Å². The SMILES string of the molecule is CCOP(=O)(OCOC(C)=O)C(C)C. The molecule has 6 heteroatoms. The van der Waals surface area contributed by atoms with Crippen LogP contribution in [0.15, 0.2) is 0 Å². The van der Waals surface area contributed by atoms with E-state index >= 15 is 0 Å². The van der Waals surface area contributed by atoms with Crippen molar-refractivity contribution < 1.29 is 23.1 Å². The highest BCUT2D eigenvalue weighted by atomic mass is 31.2. The smallest absolute Gasteiger partial charge is 0.336 e. The summed E-state index contributed by atoms with van der Waals surface area (Å²) < 4.78 is 26.3. The molecule has 0 rings (SSSR count). The van der Waals surface area contributed by atoms with Gasteiger partial charge in [-0.05, 0) is 6.92 Å². The van der Waals surface area contributed by atoms with E-state index in [1.807, 2.05) is 0 Å². The van der Waals surface area contributed by atoms with Crippen LogP contribution in [0.4, 0.5) is 0 Å². The highest BCUT2D eigenvalue weighted by molar-refractivity contribution is 7.54. The molecule has 0 aliphatic rings. The molecular formula is C8H17O5P. The third kappa shape index (κ3) is 4.74. The van der Waals surface area contributed by atoms with Crippen LogP contribution >= 0.6 is 7.60 Å². The molecular weight excluding hydrogens is 207 g/mol. The van der Waals surface area contributed by atoms with Crippen molar-refractivity contribution in [3.8, 4) is 0 Å². The van der Waals surface area contributed by atoms with E-state index in [1.54, 1.807) is 20.8 Å². The molecule has 0 bridgehead atoms. The third-order valence-corrected chi connectivity index (χ3v) is 3.78. The summed E-state index contributed by atoms with van der Waals surface area (Å²) in [5.74, 6) is -0.475. The maximum atomic E-state index is 11.9. The van der Waals surface area contributed by atoms with E-state index in [0.29, 0.717) is 6.61 Å². The van der Waals surface area contributed by atoms with Crippen LogP contribution < -0.4 is 0 Å². The average Bonchev–Trinajstić information content (AvgIpc) is 2.03. The van der Waals surface area contributed by atoms with Gasteiger partial charge >= 0.3 is 13.6 Å². The minimum Gasteiger partial charge on any atom is -0.438 e. The van der Waals surface area contributed by atoms with Crippen LogP contribution in [0.25, 0.3) is 0 Å². The van der Waals surface area contributed by atoms with E-state index in [2.05, 4.69) is 4.74 Å². The number of hydrogen-bond acceptors (Lipinski definition) is 5. The van der Waals surface area contributed by atoms with Crippen LogP contribution in [-0.4, -0.2) is 25.0 Å². The Morgan fingerprint density at radius 3 is 2.29 bits per heavy atom. The first-order valence-corrected chi connectivity index (χ1v) is 6.05. The lowest BCUT2D eigenvalue weighted by molar-refractivity contribution is -0.147. The molecule has 0 N–H and O–H groups in total. The van der Waals surface area contributed by atoms with Crippen LogP contribution in [0, 0.1) is 0 Å². The summed E-state index contributed by atoms with van der Waals surface area (Å²) in [6.45, 7) is 6.41. The first-order valence-electron chi connectivity index (χ1n) is 4.44. The predicted molar refractivity (Wildman–Crippen MR) is 52.1 cm³/mol. The first-order chi connectivity index (χ1) is 6.42. The molecule has 0 saturated carbocycles. The minimum absolute atomic E-state index is 0.252. The Labute approximate surface area is 84.3 Å². The molecule has 84 valence electrons. The average molecular weight is 224 g/mol. The fraction of sp³-hybridized carbons (Fsp3) is 0.875. The van der Waals surface area contributed by atoms with Crippen LogP contribution in [0.2, 0.25) is 0 Å². The molecule has 0 aliphatic heterocycles. The van der Waals surface area contributed by atoms with Crippen LogP contribution in [0.1, 0.15) is 27.7 Å². The third-order valence-electron chi connectivity index (χ3n) is 1.44. The number of esters is 1. The topological polar surface area (TPSA) is 61.8 Å². The van der Waals surface area contributed by atoms with Gasteiger partial charge in [-0.15, -0.1) is 0 Å². The lowest BCUT2D eigenvalue weighted by Crippen LogP contribution is -2.10. The van der Waals surface area contributed by atoms with Gasteiger partial charge < -0.3 is 9.26 Å². The standard InChI is InChI=1S/C8H17O5P/c1-5-12-14(10,7(2)3)13-6-11-8(4)9/h7H,5-6H2,1-4H3. The zero-order valence-electron chi connectivity index (χ0n) is 8.98. The van der Waals surface area contributed by atoms with E-state index in [1.165, 1.54) is 6.92 Å². The largest absolute Gasteiger partial charge is 0.438 e. The molecule has 0 fully saturated rings. The summed E-state index contributed by atoms with van der Waals surface area (Å²) in [5, 5.41) is 0. The number of carbonyl (C=O) groups excluding carboxylic acids is 1. The normalized spacial score (nSPS) is 15.2. The lowest BCUT2D eigenvalue weighted by Gasteiger charge is -2.20. The second-order valence-electron chi connectivity index (χ2n) is 2.93. The number of rotatable bonds is 6. The van der Waals surface area contributed by atoms with Crippen molar-refractivity contribution in [1.29, 1.82) is 0 Å². The van der Waals surface area contributed by atoms with E-state index in [-0.39, 0.29) is 12.5 Å². The molecule has 0 aromatic heterocycles. The Morgan fingerprint density at radius 1 is 1.36 bits per heavy atom. The second-order valence-corrected chi connectivity index (χ2v) is 5.56. The molecule has 0 radical (unpaired) electrons. The molecule has 0 aliphatic carbocycles. The second kappa shape index (κ2) is 6.17. The van der Waals surface area contributed by atoms with Crippen molar-refractivity contribution in [1.82, 2.24) is 0 Å². The molecule has 1 unspecified atom stereocenters. The maximum absolute atomic E-state index is 11.9. The zero-order chi connectivity index (χ0) is 11.2. The summed E-state index contributed by atoms with van der Waals surface area (Å²) >= 11 is 0. The van der Waals surface area contributed by atoms with Gasteiger partial charge in [0.05, 0.1) is 12.3 Å². The van der Waals surface area contributed by atoms with Gasteiger partial charge in [-0.3, -0.25) is 13.9 Å². The fourth-order valence-electron chi connectivity index (χ4n) is 0.698. The highest BCUT2D eigenvalue weighted by Crippen LogP contribution is 2.52. The summed E-state index contributed by atoms with van der Waals surface area (Å²) in [6.07, 6.45) is 0. The van der Waals surface area contributed by atoms with E-state index < -0.39 is 13.6 Å².